The lowest BCUT2D eigenvalue weighted by atomic mass is 10.1. The third-order valence-electron chi connectivity index (χ3n) is 3.12. The maximum absolute atomic E-state index is 10.2. The number of hydrogen-bond acceptors (Lipinski definition) is 3. The first kappa shape index (κ1) is 12.8. The Kier molecular flexibility index (Phi) is 4.80. The zero-order valence-corrected chi connectivity index (χ0v) is 10.7. The van der Waals surface area contributed by atoms with E-state index in [0.29, 0.717) is 11.6 Å². The van der Waals surface area contributed by atoms with Crippen LogP contribution in [0.5, 0.6) is 0 Å². The van der Waals surface area contributed by atoms with Gasteiger partial charge in [0.2, 0.25) is 0 Å². The van der Waals surface area contributed by atoms with E-state index in [0.717, 1.165) is 38.2 Å². The Hall–Kier alpha value is -0.610. The minimum absolute atomic E-state index is 0.426. The van der Waals surface area contributed by atoms with E-state index in [1.807, 2.05) is 24.3 Å². The van der Waals surface area contributed by atoms with Gasteiger partial charge in [-0.2, -0.15) is 0 Å². The van der Waals surface area contributed by atoms with E-state index in [-0.39, 0.29) is 0 Å². The van der Waals surface area contributed by atoms with Crippen LogP contribution in [0.15, 0.2) is 24.3 Å². The molecule has 1 atom stereocenters. The Morgan fingerprint density at radius 2 is 2.00 bits per heavy atom. The quantitative estimate of drug-likeness (QED) is 0.862. The number of nitrogens with one attached hydrogen (secondary N) is 1. The number of halogens is 1. The van der Waals surface area contributed by atoms with Crippen LogP contribution in [0.2, 0.25) is 5.02 Å². The Bertz CT molecular complexity index is 334. The smallest absolute Gasteiger partial charge is 0.0916 e. The Morgan fingerprint density at radius 3 is 2.76 bits per heavy atom. The van der Waals surface area contributed by atoms with Crippen molar-refractivity contribution in [1.29, 1.82) is 0 Å². The van der Waals surface area contributed by atoms with Crippen molar-refractivity contribution in [2.24, 2.45) is 0 Å². The van der Waals surface area contributed by atoms with Gasteiger partial charge in [0.25, 0.3) is 0 Å². The average molecular weight is 255 g/mol. The van der Waals surface area contributed by atoms with E-state index in [4.69, 9.17) is 11.6 Å². The molecule has 0 aromatic heterocycles. The fourth-order valence-corrected chi connectivity index (χ4v) is 2.25. The topological polar surface area (TPSA) is 35.5 Å². The molecule has 1 saturated heterocycles. The molecule has 3 nitrogen and oxygen atoms in total. The lowest BCUT2D eigenvalue weighted by Gasteiger charge is -2.23. The molecule has 1 aliphatic rings. The molecule has 1 unspecified atom stereocenters. The van der Waals surface area contributed by atoms with Gasteiger partial charge in [-0.25, -0.2) is 0 Å². The molecule has 1 aromatic rings. The SMILES string of the molecule is OC(CN1CCCNCC1)c1ccc(Cl)cc1. The maximum atomic E-state index is 10.2. The summed E-state index contributed by atoms with van der Waals surface area (Å²) in [6.45, 7) is 4.84. The molecule has 0 aliphatic carbocycles. The summed E-state index contributed by atoms with van der Waals surface area (Å²) in [7, 11) is 0. The van der Waals surface area contributed by atoms with Gasteiger partial charge in [-0.1, -0.05) is 23.7 Å². The molecule has 2 rings (SSSR count). The van der Waals surface area contributed by atoms with Crippen molar-refractivity contribution in [3.8, 4) is 0 Å². The largest absolute Gasteiger partial charge is 0.387 e. The predicted octanol–water partition coefficient (Wildman–Crippen LogP) is 1.67. The highest BCUT2D eigenvalue weighted by atomic mass is 35.5. The molecule has 1 aromatic carbocycles. The van der Waals surface area contributed by atoms with Crippen LogP contribution in [-0.4, -0.2) is 42.7 Å². The molecule has 0 saturated carbocycles. The van der Waals surface area contributed by atoms with Gasteiger partial charge >= 0.3 is 0 Å². The molecule has 4 heteroatoms. The van der Waals surface area contributed by atoms with Crippen molar-refractivity contribution in [3.63, 3.8) is 0 Å². The number of rotatable bonds is 3. The summed E-state index contributed by atoms with van der Waals surface area (Å²) in [6.07, 6.45) is 0.721. The van der Waals surface area contributed by atoms with Crippen molar-refractivity contribution >= 4 is 11.6 Å². The van der Waals surface area contributed by atoms with Crippen LogP contribution in [0.25, 0.3) is 0 Å². The fraction of sp³-hybridized carbons (Fsp3) is 0.538. The van der Waals surface area contributed by atoms with Crippen molar-refractivity contribution < 1.29 is 5.11 Å². The second-order valence-electron chi connectivity index (χ2n) is 4.47. The minimum Gasteiger partial charge on any atom is -0.387 e. The van der Waals surface area contributed by atoms with Crippen LogP contribution in [0.1, 0.15) is 18.1 Å². The lowest BCUT2D eigenvalue weighted by Crippen LogP contribution is -2.32. The van der Waals surface area contributed by atoms with E-state index in [1.54, 1.807) is 0 Å². The number of β-amino-alcohol motifs (C(OH)–C–C–N with tert-alkyl or cyclic N) is 1. The van der Waals surface area contributed by atoms with Gasteiger partial charge in [-0.05, 0) is 37.2 Å². The normalized spacial score (nSPS) is 19.9. The predicted molar refractivity (Wildman–Crippen MR) is 70.3 cm³/mol. The highest BCUT2D eigenvalue weighted by Crippen LogP contribution is 2.17. The molecule has 0 amide bonds. The molecule has 94 valence electrons. The van der Waals surface area contributed by atoms with E-state index < -0.39 is 6.10 Å². The molecule has 1 heterocycles. The van der Waals surface area contributed by atoms with Crippen molar-refractivity contribution in [2.75, 3.05) is 32.7 Å². The fourth-order valence-electron chi connectivity index (χ4n) is 2.12. The first-order chi connectivity index (χ1) is 8.25. The third kappa shape index (κ3) is 3.96. The number of hydrogen-bond donors (Lipinski definition) is 2. The summed E-state index contributed by atoms with van der Waals surface area (Å²) in [5.74, 6) is 0. The van der Waals surface area contributed by atoms with E-state index in [2.05, 4.69) is 10.2 Å². The average Bonchev–Trinajstić information content (AvgIpc) is 2.58. The Labute approximate surface area is 107 Å². The summed E-state index contributed by atoms with van der Waals surface area (Å²) < 4.78 is 0. The molecule has 2 N–H and O–H groups in total. The maximum Gasteiger partial charge on any atom is 0.0916 e. The van der Waals surface area contributed by atoms with Gasteiger partial charge in [0.15, 0.2) is 0 Å². The van der Waals surface area contributed by atoms with E-state index >= 15 is 0 Å². The van der Waals surface area contributed by atoms with Crippen LogP contribution in [0, 0.1) is 0 Å². The van der Waals surface area contributed by atoms with Crippen LogP contribution in [0.3, 0.4) is 0 Å². The lowest BCUT2D eigenvalue weighted by molar-refractivity contribution is 0.117. The van der Waals surface area contributed by atoms with Crippen molar-refractivity contribution in [3.05, 3.63) is 34.9 Å². The number of benzene rings is 1. The second-order valence-corrected chi connectivity index (χ2v) is 4.91. The summed E-state index contributed by atoms with van der Waals surface area (Å²) in [6, 6.07) is 7.43. The monoisotopic (exact) mass is 254 g/mol. The van der Waals surface area contributed by atoms with E-state index in [9.17, 15) is 5.11 Å². The zero-order chi connectivity index (χ0) is 12.1. The van der Waals surface area contributed by atoms with Crippen LogP contribution in [0.4, 0.5) is 0 Å². The van der Waals surface area contributed by atoms with Gasteiger partial charge in [0.05, 0.1) is 6.10 Å². The number of aliphatic hydroxyl groups excluding tert-OH is 1. The van der Waals surface area contributed by atoms with E-state index in [1.165, 1.54) is 0 Å². The van der Waals surface area contributed by atoms with Gasteiger partial charge < -0.3 is 10.4 Å². The molecule has 0 bridgehead atoms. The second kappa shape index (κ2) is 6.36. The molecule has 1 fully saturated rings. The van der Waals surface area contributed by atoms with Crippen molar-refractivity contribution in [2.45, 2.75) is 12.5 Å². The van der Waals surface area contributed by atoms with Gasteiger partial charge in [0.1, 0.15) is 0 Å². The molecular weight excluding hydrogens is 236 g/mol. The number of nitrogens with zero attached hydrogens (tertiary/aromatic N) is 1. The summed E-state index contributed by atoms with van der Waals surface area (Å²) in [4.78, 5) is 2.30. The zero-order valence-electron chi connectivity index (χ0n) is 9.90. The highest BCUT2D eigenvalue weighted by molar-refractivity contribution is 6.30. The van der Waals surface area contributed by atoms with Crippen molar-refractivity contribution in [1.82, 2.24) is 10.2 Å². The Balaban J connectivity index is 1.91. The minimum atomic E-state index is -0.426. The van der Waals surface area contributed by atoms with Gasteiger partial charge in [-0.3, -0.25) is 4.90 Å². The number of aliphatic hydroxyl groups is 1. The summed E-state index contributed by atoms with van der Waals surface area (Å²) >= 11 is 5.83. The molecule has 1 aliphatic heterocycles. The van der Waals surface area contributed by atoms with Gasteiger partial charge in [0, 0.05) is 24.7 Å². The van der Waals surface area contributed by atoms with Crippen LogP contribution in [-0.2, 0) is 0 Å². The first-order valence-corrected chi connectivity index (χ1v) is 6.50. The third-order valence-corrected chi connectivity index (χ3v) is 3.37. The standard InChI is InChI=1S/C13H19ClN2O/c14-12-4-2-11(3-5-12)13(17)10-16-8-1-6-15-7-9-16/h2-5,13,15,17H,1,6-10H2. The summed E-state index contributed by atoms with van der Waals surface area (Å²) in [5, 5.41) is 14.2. The first-order valence-electron chi connectivity index (χ1n) is 6.12. The summed E-state index contributed by atoms with van der Waals surface area (Å²) in [5.41, 5.74) is 0.937. The highest BCUT2D eigenvalue weighted by Gasteiger charge is 2.14. The van der Waals surface area contributed by atoms with Crippen LogP contribution < -0.4 is 5.32 Å². The van der Waals surface area contributed by atoms with Gasteiger partial charge in [-0.15, -0.1) is 0 Å². The van der Waals surface area contributed by atoms with Crippen LogP contribution >= 0.6 is 11.6 Å². The molecule has 0 radical (unpaired) electrons. The molecule has 17 heavy (non-hydrogen) atoms. The Morgan fingerprint density at radius 1 is 1.24 bits per heavy atom. The molecule has 0 spiro atoms. The molecular formula is C13H19ClN2O.